The van der Waals surface area contributed by atoms with Crippen LogP contribution in [0.5, 0.6) is 5.75 Å². The Bertz CT molecular complexity index is 1390. The minimum atomic E-state index is -0.318. The number of para-hydroxylation sites is 2. The lowest BCUT2D eigenvalue weighted by Crippen LogP contribution is -2.07. The Labute approximate surface area is 199 Å². The molecule has 0 aliphatic heterocycles. The van der Waals surface area contributed by atoms with Crippen LogP contribution in [-0.2, 0) is 12.4 Å². The average Bonchev–Trinajstić information content (AvgIpc) is 3.50. The van der Waals surface area contributed by atoms with Gasteiger partial charge in [-0.2, -0.15) is 4.98 Å². The minimum absolute atomic E-state index is 0.268. The molecule has 0 aliphatic carbocycles. The normalized spacial score (nSPS) is 11.0. The molecule has 2 aromatic heterocycles. The molecule has 0 saturated carbocycles. The van der Waals surface area contributed by atoms with Crippen molar-refractivity contribution in [3.8, 4) is 22.9 Å². The first-order valence-corrected chi connectivity index (χ1v) is 11.6. The van der Waals surface area contributed by atoms with Crippen LogP contribution in [0.4, 0.5) is 4.39 Å². The molecule has 0 spiro atoms. The van der Waals surface area contributed by atoms with Crippen molar-refractivity contribution in [1.29, 1.82) is 0 Å². The van der Waals surface area contributed by atoms with Gasteiger partial charge < -0.3 is 9.26 Å². The summed E-state index contributed by atoms with van der Waals surface area (Å²) >= 11 is 1.44. The van der Waals surface area contributed by atoms with Crippen LogP contribution < -0.4 is 4.74 Å². The summed E-state index contributed by atoms with van der Waals surface area (Å²) in [6, 6.07) is 23.6. The first kappa shape index (κ1) is 21.8. The van der Waals surface area contributed by atoms with Crippen molar-refractivity contribution in [3.05, 3.63) is 102 Å². The second-order valence-electron chi connectivity index (χ2n) is 7.44. The van der Waals surface area contributed by atoms with Crippen LogP contribution in [-0.4, -0.2) is 24.9 Å². The molecular weight excluding hydrogens is 453 g/mol. The standard InChI is InChI=1S/C25H20FN5O2S/c1-17-7-5-6-10-21(17)32-15-23-28-29-25(31(23)20-8-3-2-4-9-20)34-16-22-27-24(33-30-22)18-11-13-19(26)14-12-18/h2-14H,15-16H2,1H3. The highest BCUT2D eigenvalue weighted by molar-refractivity contribution is 7.98. The summed E-state index contributed by atoms with van der Waals surface area (Å²) in [5.74, 6) is 2.43. The number of thioether (sulfide) groups is 1. The Morgan fingerprint density at radius 2 is 1.71 bits per heavy atom. The predicted octanol–water partition coefficient (Wildman–Crippen LogP) is 5.64. The highest BCUT2D eigenvalue weighted by Crippen LogP contribution is 2.27. The van der Waals surface area contributed by atoms with Crippen molar-refractivity contribution in [1.82, 2.24) is 24.9 Å². The van der Waals surface area contributed by atoms with Gasteiger partial charge in [0.15, 0.2) is 16.8 Å². The van der Waals surface area contributed by atoms with Gasteiger partial charge in [-0.1, -0.05) is 53.3 Å². The number of aromatic nitrogens is 5. The highest BCUT2D eigenvalue weighted by Gasteiger charge is 2.17. The van der Waals surface area contributed by atoms with E-state index in [-0.39, 0.29) is 12.4 Å². The molecule has 0 amide bonds. The Morgan fingerprint density at radius 1 is 0.941 bits per heavy atom. The molecule has 0 aliphatic rings. The van der Waals surface area contributed by atoms with E-state index in [0.29, 0.717) is 34.0 Å². The molecule has 5 rings (SSSR count). The molecule has 0 radical (unpaired) electrons. The van der Waals surface area contributed by atoms with Gasteiger partial charge in [-0.25, -0.2) is 4.39 Å². The van der Waals surface area contributed by atoms with Gasteiger partial charge in [0.2, 0.25) is 0 Å². The van der Waals surface area contributed by atoms with Gasteiger partial charge in [-0.15, -0.1) is 10.2 Å². The van der Waals surface area contributed by atoms with E-state index < -0.39 is 0 Å². The van der Waals surface area contributed by atoms with Crippen molar-refractivity contribution >= 4 is 11.8 Å². The quantitative estimate of drug-likeness (QED) is 0.270. The number of halogens is 1. The van der Waals surface area contributed by atoms with Crippen molar-refractivity contribution in [2.24, 2.45) is 0 Å². The molecule has 0 unspecified atom stereocenters. The fourth-order valence-electron chi connectivity index (χ4n) is 3.34. The minimum Gasteiger partial charge on any atom is -0.485 e. The summed E-state index contributed by atoms with van der Waals surface area (Å²) in [5, 5.41) is 13.5. The van der Waals surface area contributed by atoms with E-state index in [0.717, 1.165) is 17.0 Å². The fraction of sp³-hybridized carbons (Fsp3) is 0.120. The lowest BCUT2D eigenvalue weighted by atomic mass is 10.2. The Morgan fingerprint density at radius 3 is 2.50 bits per heavy atom. The maximum atomic E-state index is 13.2. The monoisotopic (exact) mass is 473 g/mol. The topological polar surface area (TPSA) is 78.9 Å². The maximum Gasteiger partial charge on any atom is 0.257 e. The number of aryl methyl sites for hydroxylation is 1. The number of ether oxygens (including phenoxy) is 1. The van der Waals surface area contributed by atoms with E-state index >= 15 is 0 Å². The molecule has 170 valence electrons. The molecule has 0 bridgehead atoms. The van der Waals surface area contributed by atoms with Crippen LogP contribution in [0.25, 0.3) is 17.1 Å². The fourth-order valence-corrected chi connectivity index (χ4v) is 4.15. The summed E-state index contributed by atoms with van der Waals surface area (Å²) in [4.78, 5) is 4.42. The third-order valence-electron chi connectivity index (χ3n) is 5.05. The lowest BCUT2D eigenvalue weighted by Gasteiger charge is -2.11. The van der Waals surface area contributed by atoms with Gasteiger partial charge in [0.05, 0.1) is 5.75 Å². The number of nitrogens with zero attached hydrogens (tertiary/aromatic N) is 5. The lowest BCUT2D eigenvalue weighted by molar-refractivity contribution is 0.291. The molecule has 0 saturated heterocycles. The molecule has 0 fully saturated rings. The van der Waals surface area contributed by atoms with E-state index in [1.165, 1.54) is 23.9 Å². The number of benzene rings is 3. The van der Waals surface area contributed by atoms with E-state index in [4.69, 9.17) is 9.26 Å². The zero-order valence-electron chi connectivity index (χ0n) is 18.3. The Hall–Kier alpha value is -3.98. The van der Waals surface area contributed by atoms with Gasteiger partial charge in [-0.3, -0.25) is 4.57 Å². The molecule has 9 heteroatoms. The third kappa shape index (κ3) is 4.84. The summed E-state index contributed by atoms with van der Waals surface area (Å²) in [7, 11) is 0. The molecule has 34 heavy (non-hydrogen) atoms. The summed E-state index contributed by atoms with van der Waals surface area (Å²) in [6.07, 6.45) is 0. The van der Waals surface area contributed by atoms with Crippen molar-refractivity contribution in [3.63, 3.8) is 0 Å². The van der Waals surface area contributed by atoms with Crippen LogP contribution in [0.3, 0.4) is 0 Å². The van der Waals surface area contributed by atoms with Crippen LogP contribution in [0.1, 0.15) is 17.2 Å². The summed E-state index contributed by atoms with van der Waals surface area (Å²) in [6.45, 7) is 2.27. The summed E-state index contributed by atoms with van der Waals surface area (Å²) in [5.41, 5.74) is 2.64. The van der Waals surface area contributed by atoms with Gasteiger partial charge in [0, 0.05) is 11.3 Å². The van der Waals surface area contributed by atoms with Crippen molar-refractivity contribution in [2.75, 3.05) is 0 Å². The number of rotatable bonds is 8. The second kappa shape index (κ2) is 9.88. The van der Waals surface area contributed by atoms with Crippen molar-refractivity contribution in [2.45, 2.75) is 24.4 Å². The van der Waals surface area contributed by atoms with Gasteiger partial charge in [-0.05, 0) is 55.0 Å². The van der Waals surface area contributed by atoms with Gasteiger partial charge in [0.25, 0.3) is 5.89 Å². The van der Waals surface area contributed by atoms with Crippen LogP contribution >= 0.6 is 11.8 Å². The molecule has 7 nitrogen and oxygen atoms in total. The zero-order chi connectivity index (χ0) is 23.3. The van der Waals surface area contributed by atoms with Gasteiger partial charge >= 0.3 is 0 Å². The molecule has 0 N–H and O–H groups in total. The number of hydrogen-bond donors (Lipinski definition) is 0. The van der Waals surface area contributed by atoms with Crippen LogP contribution in [0.2, 0.25) is 0 Å². The van der Waals surface area contributed by atoms with E-state index in [1.807, 2.05) is 66.1 Å². The molecular formula is C25H20FN5O2S. The predicted molar refractivity (Wildman–Crippen MR) is 126 cm³/mol. The molecule has 0 atom stereocenters. The van der Waals surface area contributed by atoms with Crippen LogP contribution in [0.15, 0.2) is 88.5 Å². The number of hydrogen-bond acceptors (Lipinski definition) is 7. The third-order valence-corrected chi connectivity index (χ3v) is 5.98. The average molecular weight is 474 g/mol. The van der Waals surface area contributed by atoms with E-state index in [9.17, 15) is 4.39 Å². The smallest absolute Gasteiger partial charge is 0.257 e. The first-order valence-electron chi connectivity index (χ1n) is 10.6. The van der Waals surface area contributed by atoms with E-state index in [2.05, 4.69) is 20.3 Å². The Kier molecular flexibility index (Phi) is 6.35. The van der Waals surface area contributed by atoms with Crippen molar-refractivity contribution < 1.29 is 13.7 Å². The maximum absolute atomic E-state index is 13.2. The largest absolute Gasteiger partial charge is 0.485 e. The molecule has 3 aromatic carbocycles. The first-order chi connectivity index (χ1) is 16.7. The molecule has 5 aromatic rings. The zero-order valence-corrected chi connectivity index (χ0v) is 19.1. The SMILES string of the molecule is Cc1ccccc1OCc1nnc(SCc2noc(-c3ccc(F)cc3)n2)n1-c1ccccc1. The van der Waals surface area contributed by atoms with E-state index in [1.54, 1.807) is 12.1 Å². The van der Waals surface area contributed by atoms with Crippen LogP contribution in [0, 0.1) is 12.7 Å². The second-order valence-corrected chi connectivity index (χ2v) is 8.38. The summed E-state index contributed by atoms with van der Waals surface area (Å²) < 4.78 is 26.5. The Balaban J connectivity index is 1.35. The molecule has 2 heterocycles. The highest BCUT2D eigenvalue weighted by atomic mass is 32.2. The van der Waals surface area contributed by atoms with Gasteiger partial charge in [0.1, 0.15) is 18.2 Å².